The molecule has 0 atom stereocenters. The van der Waals surface area contributed by atoms with Crippen LogP contribution < -0.4 is 10.2 Å². The third-order valence-electron chi connectivity index (χ3n) is 4.63. The van der Waals surface area contributed by atoms with E-state index in [0.29, 0.717) is 5.95 Å². The van der Waals surface area contributed by atoms with Gasteiger partial charge in [-0.05, 0) is 31.5 Å². The molecule has 3 rings (SSSR count). The zero-order chi connectivity index (χ0) is 16.9. The minimum atomic E-state index is 0.684. The number of benzene rings is 1. The van der Waals surface area contributed by atoms with Crippen molar-refractivity contribution in [3.8, 4) is 0 Å². The van der Waals surface area contributed by atoms with E-state index in [4.69, 9.17) is 4.98 Å². The van der Waals surface area contributed by atoms with Crippen LogP contribution in [0.25, 0.3) is 0 Å². The molecule has 0 unspecified atom stereocenters. The van der Waals surface area contributed by atoms with Crippen LogP contribution in [0.5, 0.6) is 0 Å². The van der Waals surface area contributed by atoms with Crippen molar-refractivity contribution in [3.05, 3.63) is 41.6 Å². The van der Waals surface area contributed by atoms with Gasteiger partial charge < -0.3 is 15.1 Å². The molecule has 2 aromatic rings. The van der Waals surface area contributed by atoms with Gasteiger partial charge in [-0.15, -0.1) is 0 Å². The molecular formula is C19H27N5. The average molecular weight is 325 g/mol. The molecule has 24 heavy (non-hydrogen) atoms. The topological polar surface area (TPSA) is 44.3 Å². The van der Waals surface area contributed by atoms with Gasteiger partial charge in [0.05, 0.1) is 0 Å². The second kappa shape index (κ2) is 7.62. The van der Waals surface area contributed by atoms with Gasteiger partial charge in [0.1, 0.15) is 5.82 Å². The number of piperazine rings is 1. The van der Waals surface area contributed by atoms with Crippen molar-refractivity contribution in [1.29, 1.82) is 0 Å². The zero-order valence-corrected chi connectivity index (χ0v) is 14.9. The van der Waals surface area contributed by atoms with E-state index in [1.807, 2.05) is 13.0 Å². The van der Waals surface area contributed by atoms with Gasteiger partial charge in [-0.1, -0.05) is 32.0 Å². The molecule has 1 fully saturated rings. The first kappa shape index (κ1) is 16.7. The molecule has 1 aromatic carbocycles. The maximum atomic E-state index is 4.76. The van der Waals surface area contributed by atoms with E-state index in [9.17, 15) is 0 Å². The zero-order valence-electron chi connectivity index (χ0n) is 14.9. The number of aromatic nitrogens is 2. The fourth-order valence-electron chi connectivity index (χ4n) is 3.13. The van der Waals surface area contributed by atoms with Crippen molar-refractivity contribution < 1.29 is 0 Å². The Morgan fingerprint density at radius 3 is 2.50 bits per heavy atom. The van der Waals surface area contributed by atoms with Gasteiger partial charge in [0.15, 0.2) is 0 Å². The van der Waals surface area contributed by atoms with Crippen LogP contribution in [0.3, 0.4) is 0 Å². The van der Waals surface area contributed by atoms with E-state index >= 15 is 0 Å². The van der Waals surface area contributed by atoms with Crippen LogP contribution >= 0.6 is 0 Å². The number of nitrogens with zero attached hydrogens (tertiary/aromatic N) is 4. The predicted molar refractivity (Wildman–Crippen MR) is 100 cm³/mol. The molecule has 1 saturated heterocycles. The number of aryl methyl sites for hydroxylation is 2. The van der Waals surface area contributed by atoms with Gasteiger partial charge in [0.2, 0.25) is 5.95 Å². The summed E-state index contributed by atoms with van der Waals surface area (Å²) in [6, 6.07) is 10.4. The maximum Gasteiger partial charge on any atom is 0.229 e. The summed E-state index contributed by atoms with van der Waals surface area (Å²) in [5.74, 6) is 1.71. The lowest BCUT2D eigenvalue weighted by Gasteiger charge is -2.34. The van der Waals surface area contributed by atoms with Gasteiger partial charge >= 0.3 is 0 Å². The first-order valence-electron chi connectivity index (χ1n) is 8.87. The summed E-state index contributed by atoms with van der Waals surface area (Å²) in [5, 5.41) is 3.40. The number of para-hydroxylation sites is 1. The van der Waals surface area contributed by atoms with Crippen molar-refractivity contribution in [1.82, 2.24) is 14.9 Å². The molecule has 0 bridgehead atoms. The fraction of sp³-hybridized carbons (Fsp3) is 0.474. The highest BCUT2D eigenvalue weighted by molar-refractivity contribution is 5.60. The SMILES string of the molecule is CCc1ccccc1Nc1nc(C)cc(N2CCN(CC)CC2)n1. The Balaban J connectivity index is 1.79. The van der Waals surface area contributed by atoms with Crippen LogP contribution in [0.2, 0.25) is 0 Å². The Bertz CT molecular complexity index is 677. The van der Waals surface area contributed by atoms with E-state index in [0.717, 1.165) is 56.3 Å². The summed E-state index contributed by atoms with van der Waals surface area (Å²) in [5.41, 5.74) is 3.36. The normalized spacial score (nSPS) is 15.5. The summed E-state index contributed by atoms with van der Waals surface area (Å²) in [6.45, 7) is 11.8. The third-order valence-corrected chi connectivity index (χ3v) is 4.63. The van der Waals surface area contributed by atoms with Gasteiger partial charge in [0, 0.05) is 43.6 Å². The van der Waals surface area contributed by atoms with Crippen LogP contribution in [0, 0.1) is 6.92 Å². The van der Waals surface area contributed by atoms with Gasteiger partial charge in [-0.25, -0.2) is 4.98 Å². The van der Waals surface area contributed by atoms with Crippen molar-refractivity contribution >= 4 is 17.5 Å². The Labute approximate surface area is 144 Å². The summed E-state index contributed by atoms with van der Waals surface area (Å²) in [7, 11) is 0. The second-order valence-corrected chi connectivity index (χ2v) is 6.25. The summed E-state index contributed by atoms with van der Waals surface area (Å²) >= 11 is 0. The number of hydrogen-bond acceptors (Lipinski definition) is 5. The highest BCUT2D eigenvalue weighted by atomic mass is 15.3. The number of nitrogens with one attached hydrogen (secondary N) is 1. The molecule has 1 aromatic heterocycles. The molecular weight excluding hydrogens is 298 g/mol. The standard InChI is InChI=1S/C19H27N5/c1-4-16-8-6-7-9-17(16)21-19-20-15(3)14-18(22-19)24-12-10-23(5-2)11-13-24/h6-9,14H,4-5,10-13H2,1-3H3,(H,20,21,22). The molecule has 0 amide bonds. The van der Waals surface area contributed by atoms with E-state index in [2.05, 4.69) is 58.2 Å². The number of hydrogen-bond donors (Lipinski definition) is 1. The molecule has 5 nitrogen and oxygen atoms in total. The van der Waals surface area contributed by atoms with Crippen molar-refractivity contribution in [2.24, 2.45) is 0 Å². The van der Waals surface area contributed by atoms with Crippen LogP contribution in [0.4, 0.5) is 17.5 Å². The largest absolute Gasteiger partial charge is 0.354 e. The van der Waals surface area contributed by atoms with E-state index in [-0.39, 0.29) is 0 Å². The van der Waals surface area contributed by atoms with Crippen LogP contribution in [0.15, 0.2) is 30.3 Å². The highest BCUT2D eigenvalue weighted by Crippen LogP contribution is 2.22. The van der Waals surface area contributed by atoms with Gasteiger partial charge in [-0.3, -0.25) is 0 Å². The molecule has 5 heteroatoms. The number of anilines is 3. The third kappa shape index (κ3) is 3.85. The average Bonchev–Trinajstić information content (AvgIpc) is 2.62. The van der Waals surface area contributed by atoms with Crippen LogP contribution in [0.1, 0.15) is 25.1 Å². The highest BCUT2D eigenvalue weighted by Gasteiger charge is 2.18. The van der Waals surface area contributed by atoms with E-state index in [1.165, 1.54) is 5.56 Å². The Morgan fingerprint density at radius 2 is 1.79 bits per heavy atom. The molecule has 128 valence electrons. The second-order valence-electron chi connectivity index (χ2n) is 6.25. The van der Waals surface area contributed by atoms with Crippen LogP contribution in [-0.2, 0) is 6.42 Å². The quantitative estimate of drug-likeness (QED) is 0.914. The Kier molecular flexibility index (Phi) is 5.30. The monoisotopic (exact) mass is 325 g/mol. The Hall–Kier alpha value is -2.14. The summed E-state index contributed by atoms with van der Waals surface area (Å²) < 4.78 is 0. The molecule has 1 aliphatic heterocycles. The van der Waals surface area contributed by atoms with E-state index < -0.39 is 0 Å². The minimum absolute atomic E-state index is 0.684. The lowest BCUT2D eigenvalue weighted by molar-refractivity contribution is 0.270. The van der Waals surface area contributed by atoms with Crippen molar-refractivity contribution in [2.75, 3.05) is 42.9 Å². The maximum absolute atomic E-state index is 4.76. The van der Waals surface area contributed by atoms with E-state index in [1.54, 1.807) is 0 Å². The molecule has 0 spiro atoms. The van der Waals surface area contributed by atoms with Crippen molar-refractivity contribution in [3.63, 3.8) is 0 Å². The smallest absolute Gasteiger partial charge is 0.229 e. The van der Waals surface area contributed by atoms with Gasteiger partial charge in [-0.2, -0.15) is 4.98 Å². The summed E-state index contributed by atoms with van der Waals surface area (Å²) in [6.07, 6.45) is 0.987. The molecule has 1 N–H and O–H groups in total. The molecule has 0 aliphatic carbocycles. The first-order valence-corrected chi connectivity index (χ1v) is 8.87. The lowest BCUT2D eigenvalue weighted by Crippen LogP contribution is -2.46. The molecule has 2 heterocycles. The first-order chi connectivity index (χ1) is 11.7. The Morgan fingerprint density at radius 1 is 1.04 bits per heavy atom. The lowest BCUT2D eigenvalue weighted by atomic mass is 10.1. The molecule has 0 saturated carbocycles. The van der Waals surface area contributed by atoms with Gasteiger partial charge in [0.25, 0.3) is 0 Å². The minimum Gasteiger partial charge on any atom is -0.354 e. The molecule has 0 radical (unpaired) electrons. The van der Waals surface area contributed by atoms with Crippen LogP contribution in [-0.4, -0.2) is 47.6 Å². The number of likely N-dealkylation sites (N-methyl/N-ethyl adjacent to an activating group) is 1. The fourth-order valence-corrected chi connectivity index (χ4v) is 3.13. The van der Waals surface area contributed by atoms with Crippen molar-refractivity contribution in [2.45, 2.75) is 27.2 Å². The number of rotatable bonds is 5. The predicted octanol–water partition coefficient (Wildman–Crippen LogP) is 3.23. The molecule has 1 aliphatic rings. The summed E-state index contributed by atoms with van der Waals surface area (Å²) in [4.78, 5) is 14.2.